The third kappa shape index (κ3) is 4.75. The van der Waals surface area contributed by atoms with Gasteiger partial charge in [-0.25, -0.2) is 8.42 Å². The first kappa shape index (κ1) is 20.6. The number of hydrogen-bond donors (Lipinski definition) is 1. The molecule has 0 radical (unpaired) electrons. The van der Waals surface area contributed by atoms with Crippen LogP contribution >= 0.6 is 0 Å². The summed E-state index contributed by atoms with van der Waals surface area (Å²) in [5, 5.41) is 2.86. The maximum atomic E-state index is 12.6. The van der Waals surface area contributed by atoms with E-state index in [2.05, 4.69) is 10.2 Å². The number of sulfonamides is 1. The van der Waals surface area contributed by atoms with Gasteiger partial charge in [0.25, 0.3) is 5.91 Å². The summed E-state index contributed by atoms with van der Waals surface area (Å²) in [6.07, 6.45) is 0. The molecule has 1 saturated heterocycles. The smallest absolute Gasteiger partial charge is 0.251 e. The van der Waals surface area contributed by atoms with Crippen LogP contribution in [0.2, 0.25) is 0 Å². The van der Waals surface area contributed by atoms with E-state index in [9.17, 15) is 13.2 Å². The second-order valence-electron chi connectivity index (χ2n) is 7.53. The zero-order valence-corrected chi connectivity index (χ0v) is 17.7. The highest BCUT2D eigenvalue weighted by Gasteiger charge is 2.25. The highest BCUT2D eigenvalue weighted by Crippen LogP contribution is 2.32. The summed E-state index contributed by atoms with van der Waals surface area (Å²) in [4.78, 5) is 14.5. The van der Waals surface area contributed by atoms with Gasteiger partial charge < -0.3 is 19.7 Å². The molecule has 0 spiro atoms. The zero-order valence-electron chi connectivity index (χ0n) is 16.8. The van der Waals surface area contributed by atoms with Crippen molar-refractivity contribution < 1.29 is 22.7 Å². The van der Waals surface area contributed by atoms with Crippen molar-refractivity contribution in [3.8, 4) is 11.5 Å². The van der Waals surface area contributed by atoms with E-state index in [1.165, 1.54) is 0 Å². The van der Waals surface area contributed by atoms with Gasteiger partial charge in [0.1, 0.15) is 0 Å². The molecule has 0 aromatic heterocycles. The van der Waals surface area contributed by atoms with Gasteiger partial charge in [-0.3, -0.25) is 4.79 Å². The van der Waals surface area contributed by atoms with Crippen molar-refractivity contribution in [2.45, 2.75) is 12.3 Å². The van der Waals surface area contributed by atoms with Crippen LogP contribution in [0.25, 0.3) is 0 Å². The van der Waals surface area contributed by atoms with Crippen molar-refractivity contribution in [3.05, 3.63) is 59.2 Å². The van der Waals surface area contributed by atoms with Crippen LogP contribution < -0.4 is 14.8 Å². The first-order valence-corrected chi connectivity index (χ1v) is 11.4. The highest BCUT2D eigenvalue weighted by molar-refractivity contribution is 7.88. The van der Waals surface area contributed by atoms with E-state index >= 15 is 0 Å². The Hall–Kier alpha value is -2.62. The molecule has 1 amide bonds. The van der Waals surface area contributed by atoms with E-state index in [0.29, 0.717) is 42.3 Å². The van der Waals surface area contributed by atoms with Gasteiger partial charge in [0.15, 0.2) is 11.5 Å². The summed E-state index contributed by atoms with van der Waals surface area (Å²) in [5.41, 5.74) is 2.06. The molecule has 8 nitrogen and oxygen atoms in total. The van der Waals surface area contributed by atoms with Crippen LogP contribution in [0, 0.1) is 0 Å². The van der Waals surface area contributed by atoms with Gasteiger partial charge in [0.05, 0.1) is 5.75 Å². The molecule has 9 heteroatoms. The van der Waals surface area contributed by atoms with Gasteiger partial charge in [-0.1, -0.05) is 18.2 Å². The molecule has 4 rings (SSSR count). The number of rotatable bonds is 6. The lowest BCUT2D eigenvalue weighted by molar-refractivity contribution is 0.0951. The average Bonchev–Trinajstić information content (AvgIpc) is 3.20. The lowest BCUT2D eigenvalue weighted by Crippen LogP contribution is -2.47. The Morgan fingerprint density at radius 1 is 0.967 bits per heavy atom. The molecule has 160 valence electrons. The van der Waals surface area contributed by atoms with Crippen LogP contribution in [-0.2, 0) is 22.3 Å². The second kappa shape index (κ2) is 8.63. The van der Waals surface area contributed by atoms with Crippen LogP contribution in [-0.4, -0.2) is 63.5 Å². The standard InChI is InChI=1S/C21H25N3O5S/c1-23-8-10-24(11-9-23)30(26,27)14-16-2-5-18(6-3-16)21(25)22-13-17-4-7-19-20(12-17)29-15-28-19/h2-7,12H,8-11,13-15H2,1H3,(H,22,25). The normalized spacial score (nSPS) is 17.1. The van der Waals surface area contributed by atoms with Crippen molar-refractivity contribution >= 4 is 15.9 Å². The van der Waals surface area contributed by atoms with Gasteiger partial charge in [-0.05, 0) is 42.4 Å². The Kier molecular flexibility index (Phi) is 5.94. The van der Waals surface area contributed by atoms with Crippen LogP contribution in [0.15, 0.2) is 42.5 Å². The monoisotopic (exact) mass is 431 g/mol. The van der Waals surface area contributed by atoms with Crippen molar-refractivity contribution in [1.29, 1.82) is 0 Å². The SMILES string of the molecule is CN1CCN(S(=O)(=O)Cc2ccc(C(=O)NCc3ccc4c(c3)OCO4)cc2)CC1. The molecule has 0 bridgehead atoms. The molecule has 2 aromatic carbocycles. The first-order chi connectivity index (χ1) is 14.4. The molecular weight excluding hydrogens is 406 g/mol. The average molecular weight is 432 g/mol. The molecule has 30 heavy (non-hydrogen) atoms. The predicted molar refractivity (Wildman–Crippen MR) is 112 cm³/mol. The van der Waals surface area contributed by atoms with Gasteiger partial charge in [0, 0.05) is 38.3 Å². The van der Waals surface area contributed by atoms with Gasteiger partial charge in [0.2, 0.25) is 16.8 Å². The molecule has 2 aliphatic rings. The van der Waals surface area contributed by atoms with Crippen molar-refractivity contribution in [2.24, 2.45) is 0 Å². The van der Waals surface area contributed by atoms with E-state index in [1.54, 1.807) is 28.6 Å². The number of benzene rings is 2. The first-order valence-electron chi connectivity index (χ1n) is 9.83. The third-order valence-electron chi connectivity index (χ3n) is 5.31. The minimum Gasteiger partial charge on any atom is -0.454 e. The number of carbonyl (C=O) groups is 1. The van der Waals surface area contributed by atoms with Crippen molar-refractivity contribution in [1.82, 2.24) is 14.5 Å². The molecule has 2 aromatic rings. The van der Waals surface area contributed by atoms with Crippen LogP contribution in [0.3, 0.4) is 0 Å². The number of hydrogen-bond acceptors (Lipinski definition) is 6. The maximum Gasteiger partial charge on any atom is 0.251 e. The number of likely N-dealkylation sites (N-methyl/N-ethyl adjacent to an activating group) is 1. The molecule has 0 aliphatic carbocycles. The van der Waals surface area contributed by atoms with Crippen LogP contribution in [0.1, 0.15) is 21.5 Å². The summed E-state index contributed by atoms with van der Waals surface area (Å²) >= 11 is 0. The third-order valence-corrected chi connectivity index (χ3v) is 7.16. The van der Waals surface area contributed by atoms with Crippen molar-refractivity contribution in [2.75, 3.05) is 40.0 Å². The molecule has 0 atom stereocenters. The second-order valence-corrected chi connectivity index (χ2v) is 9.49. The Labute approximate surface area is 176 Å². The van der Waals surface area contributed by atoms with Crippen molar-refractivity contribution in [3.63, 3.8) is 0 Å². The van der Waals surface area contributed by atoms with E-state index in [-0.39, 0.29) is 18.5 Å². The summed E-state index contributed by atoms with van der Waals surface area (Å²) in [7, 11) is -1.37. The van der Waals surface area contributed by atoms with E-state index in [0.717, 1.165) is 18.7 Å². The number of amides is 1. The summed E-state index contributed by atoms with van der Waals surface area (Å²) in [5.74, 6) is 1.09. The minimum absolute atomic E-state index is 0.0597. The fourth-order valence-corrected chi connectivity index (χ4v) is 4.97. The summed E-state index contributed by atoms with van der Waals surface area (Å²) in [6.45, 7) is 3.07. The minimum atomic E-state index is -3.36. The number of nitrogens with zero attached hydrogens (tertiary/aromatic N) is 2. The van der Waals surface area contributed by atoms with E-state index in [4.69, 9.17) is 9.47 Å². The topological polar surface area (TPSA) is 88.2 Å². The zero-order chi connectivity index (χ0) is 21.1. The molecule has 2 aliphatic heterocycles. The molecule has 1 fully saturated rings. The fraction of sp³-hybridized carbons (Fsp3) is 0.381. The summed E-state index contributed by atoms with van der Waals surface area (Å²) in [6, 6.07) is 12.2. The Morgan fingerprint density at radius 3 is 2.37 bits per heavy atom. The Bertz CT molecular complexity index is 1020. The van der Waals surface area contributed by atoms with Gasteiger partial charge in [-0.15, -0.1) is 0 Å². The summed E-state index contributed by atoms with van der Waals surface area (Å²) < 4.78 is 37.4. The largest absolute Gasteiger partial charge is 0.454 e. The number of ether oxygens (including phenoxy) is 2. The number of carbonyl (C=O) groups excluding carboxylic acids is 1. The quantitative estimate of drug-likeness (QED) is 0.744. The van der Waals surface area contributed by atoms with E-state index in [1.807, 2.05) is 25.2 Å². The van der Waals surface area contributed by atoms with Crippen LogP contribution in [0.4, 0.5) is 0 Å². The van der Waals surface area contributed by atoms with E-state index < -0.39 is 10.0 Å². The number of nitrogens with one attached hydrogen (secondary N) is 1. The molecule has 1 N–H and O–H groups in total. The van der Waals surface area contributed by atoms with Crippen LogP contribution in [0.5, 0.6) is 11.5 Å². The molecule has 0 saturated carbocycles. The highest BCUT2D eigenvalue weighted by atomic mass is 32.2. The molecule has 0 unspecified atom stereocenters. The fourth-order valence-electron chi connectivity index (χ4n) is 3.46. The number of fused-ring (bicyclic) bond motifs is 1. The predicted octanol–water partition coefficient (Wildman–Crippen LogP) is 1.42. The lowest BCUT2D eigenvalue weighted by Gasteiger charge is -2.31. The van der Waals surface area contributed by atoms with Gasteiger partial charge >= 0.3 is 0 Å². The Balaban J connectivity index is 1.33. The molecular formula is C21H25N3O5S. The Morgan fingerprint density at radius 2 is 1.63 bits per heavy atom. The maximum absolute atomic E-state index is 12.6. The van der Waals surface area contributed by atoms with Gasteiger partial charge in [-0.2, -0.15) is 4.31 Å². The number of piperazine rings is 1. The molecule has 2 heterocycles. The lowest BCUT2D eigenvalue weighted by atomic mass is 10.1.